The van der Waals surface area contributed by atoms with Crippen LogP contribution in [0, 0.1) is 0 Å². The van der Waals surface area contributed by atoms with Gasteiger partial charge >= 0.3 is 5.97 Å². The number of ether oxygens (including phenoxy) is 1. The fourth-order valence-electron chi connectivity index (χ4n) is 3.78. The number of hydrogen-bond acceptors (Lipinski definition) is 8. The van der Waals surface area contributed by atoms with Crippen LogP contribution >= 0.6 is 23.1 Å². The van der Waals surface area contributed by atoms with E-state index in [2.05, 4.69) is 10.3 Å². The van der Waals surface area contributed by atoms with E-state index in [0.29, 0.717) is 21.2 Å². The number of hydrogen-bond donors (Lipinski definition) is 1. The molecule has 4 rings (SSSR count). The number of thioether (sulfide) groups is 1. The molecule has 1 aliphatic rings. The van der Waals surface area contributed by atoms with Crippen molar-refractivity contribution in [1.29, 1.82) is 0 Å². The Hall–Kier alpha value is -2.37. The molecule has 0 saturated heterocycles. The number of sulfone groups is 1. The maximum Gasteiger partial charge on any atom is 0.341 e. The molecule has 3 aromatic rings. The number of esters is 1. The van der Waals surface area contributed by atoms with Crippen LogP contribution in [0.2, 0.25) is 0 Å². The van der Waals surface area contributed by atoms with E-state index in [-0.39, 0.29) is 42.5 Å². The smallest absolute Gasteiger partial charge is 0.341 e. The maximum absolute atomic E-state index is 13.0. The van der Waals surface area contributed by atoms with E-state index in [1.54, 1.807) is 18.7 Å². The summed E-state index contributed by atoms with van der Waals surface area (Å²) in [6, 6.07) is 7.62. The molecule has 1 aliphatic heterocycles. The second-order valence-electron chi connectivity index (χ2n) is 7.35. The molecule has 0 spiro atoms. The standard InChI is InChI=1S/C21H23N3O5S3/c1-3-29-21(26)19-13-8-9-32(27,28)12-16(13)31-20(19)23-18(25)10-24-15-7-5-4-6-14(15)22-17(24)11-30-2/h4-7H,3,8-12H2,1-2H3,(H,23,25). The van der Waals surface area contributed by atoms with Crippen molar-refractivity contribution in [2.24, 2.45) is 0 Å². The number of nitrogens with zero attached hydrogens (tertiary/aromatic N) is 2. The summed E-state index contributed by atoms with van der Waals surface area (Å²) >= 11 is 2.75. The fraction of sp³-hybridized carbons (Fsp3) is 0.381. The SMILES string of the molecule is CCOC(=O)c1c(NC(=O)Cn2c(CSC)nc3ccccc32)sc2c1CCS(=O)(=O)C2. The molecular weight excluding hydrogens is 470 g/mol. The number of carbonyl (C=O) groups excluding carboxylic acids is 2. The van der Waals surface area contributed by atoms with Crippen LogP contribution in [-0.2, 0) is 43.8 Å². The van der Waals surface area contributed by atoms with Gasteiger partial charge in [0.05, 0.1) is 40.5 Å². The van der Waals surface area contributed by atoms with Gasteiger partial charge in [-0.15, -0.1) is 11.3 Å². The van der Waals surface area contributed by atoms with Crippen molar-refractivity contribution in [2.45, 2.75) is 31.4 Å². The predicted octanol–water partition coefficient (Wildman–Crippen LogP) is 3.25. The van der Waals surface area contributed by atoms with Crippen LogP contribution < -0.4 is 5.32 Å². The number of para-hydroxylation sites is 2. The molecule has 1 N–H and O–H groups in total. The molecule has 2 aromatic heterocycles. The second-order valence-corrected chi connectivity index (χ2v) is 11.5. The molecule has 32 heavy (non-hydrogen) atoms. The monoisotopic (exact) mass is 493 g/mol. The molecule has 1 amide bonds. The van der Waals surface area contributed by atoms with E-state index in [4.69, 9.17) is 4.74 Å². The summed E-state index contributed by atoms with van der Waals surface area (Å²) in [7, 11) is -3.21. The Bertz CT molecular complexity index is 1290. The Morgan fingerprint density at radius 2 is 2.09 bits per heavy atom. The lowest BCUT2D eigenvalue weighted by Gasteiger charge is -2.13. The topological polar surface area (TPSA) is 107 Å². The third kappa shape index (κ3) is 4.55. The van der Waals surface area contributed by atoms with Crippen LogP contribution in [0.3, 0.4) is 0 Å². The molecule has 11 heteroatoms. The van der Waals surface area contributed by atoms with Crippen molar-refractivity contribution >= 4 is 60.8 Å². The first kappa shape index (κ1) is 22.8. The first-order valence-corrected chi connectivity index (χ1v) is 14.1. The Balaban J connectivity index is 1.65. The first-order chi connectivity index (χ1) is 15.3. The van der Waals surface area contributed by atoms with Crippen LogP contribution in [0.25, 0.3) is 11.0 Å². The second kappa shape index (κ2) is 9.24. The van der Waals surface area contributed by atoms with E-state index >= 15 is 0 Å². The lowest BCUT2D eigenvalue weighted by Crippen LogP contribution is -2.22. The minimum Gasteiger partial charge on any atom is -0.462 e. The molecule has 0 bridgehead atoms. The number of carbonyl (C=O) groups is 2. The van der Waals surface area contributed by atoms with Gasteiger partial charge in [-0.05, 0) is 37.3 Å². The number of thiophene rings is 1. The van der Waals surface area contributed by atoms with Crippen LogP contribution in [0.15, 0.2) is 24.3 Å². The third-order valence-electron chi connectivity index (χ3n) is 5.15. The van der Waals surface area contributed by atoms with Gasteiger partial charge in [0.1, 0.15) is 17.4 Å². The van der Waals surface area contributed by atoms with Gasteiger partial charge in [-0.25, -0.2) is 18.2 Å². The molecule has 0 aliphatic carbocycles. The maximum atomic E-state index is 13.0. The van der Waals surface area contributed by atoms with Gasteiger partial charge in [0.15, 0.2) is 9.84 Å². The number of benzene rings is 1. The highest BCUT2D eigenvalue weighted by molar-refractivity contribution is 7.97. The lowest BCUT2D eigenvalue weighted by atomic mass is 10.1. The lowest BCUT2D eigenvalue weighted by molar-refractivity contribution is -0.116. The van der Waals surface area contributed by atoms with Crippen molar-refractivity contribution < 1.29 is 22.7 Å². The average molecular weight is 494 g/mol. The van der Waals surface area contributed by atoms with Gasteiger partial charge < -0.3 is 14.6 Å². The number of aromatic nitrogens is 2. The van der Waals surface area contributed by atoms with Crippen molar-refractivity contribution in [3.05, 3.63) is 46.1 Å². The predicted molar refractivity (Wildman–Crippen MR) is 127 cm³/mol. The highest BCUT2D eigenvalue weighted by Gasteiger charge is 2.32. The fourth-order valence-corrected chi connectivity index (χ4v) is 7.31. The highest BCUT2D eigenvalue weighted by Crippen LogP contribution is 2.38. The summed E-state index contributed by atoms with van der Waals surface area (Å²) < 4.78 is 31.2. The Labute approximate surface area is 194 Å². The number of amides is 1. The van der Waals surface area contributed by atoms with Gasteiger partial charge in [-0.1, -0.05) is 12.1 Å². The van der Waals surface area contributed by atoms with E-state index in [0.717, 1.165) is 28.2 Å². The normalized spacial score (nSPS) is 14.8. The van der Waals surface area contributed by atoms with E-state index < -0.39 is 15.8 Å². The minimum atomic E-state index is -3.21. The number of imidazole rings is 1. The summed E-state index contributed by atoms with van der Waals surface area (Å²) in [4.78, 5) is 30.9. The average Bonchev–Trinajstić information content (AvgIpc) is 3.25. The van der Waals surface area contributed by atoms with Crippen molar-refractivity contribution in [3.8, 4) is 0 Å². The van der Waals surface area contributed by atoms with E-state index in [1.165, 1.54) is 0 Å². The molecule has 8 nitrogen and oxygen atoms in total. The quantitative estimate of drug-likeness (QED) is 0.504. The number of anilines is 1. The largest absolute Gasteiger partial charge is 0.462 e. The third-order valence-corrected chi connectivity index (χ3v) is 8.58. The van der Waals surface area contributed by atoms with Crippen molar-refractivity contribution in [3.63, 3.8) is 0 Å². The zero-order valence-corrected chi connectivity index (χ0v) is 20.2. The van der Waals surface area contributed by atoms with Gasteiger partial charge in [0.2, 0.25) is 5.91 Å². The Morgan fingerprint density at radius 1 is 1.31 bits per heavy atom. The van der Waals surface area contributed by atoms with Crippen LogP contribution in [0.5, 0.6) is 0 Å². The summed E-state index contributed by atoms with van der Waals surface area (Å²) in [5.41, 5.74) is 2.60. The van der Waals surface area contributed by atoms with E-state index in [1.807, 2.05) is 35.1 Å². The summed E-state index contributed by atoms with van der Waals surface area (Å²) in [6.45, 7) is 1.92. The molecule has 3 heterocycles. The minimum absolute atomic E-state index is 0.0183. The molecule has 0 unspecified atom stereocenters. The van der Waals surface area contributed by atoms with Gasteiger partial charge in [0, 0.05) is 4.88 Å². The molecule has 0 atom stereocenters. The number of nitrogens with one attached hydrogen (secondary N) is 1. The summed E-state index contributed by atoms with van der Waals surface area (Å²) in [5, 5.41) is 3.17. The number of fused-ring (bicyclic) bond motifs is 2. The number of rotatable bonds is 7. The van der Waals surface area contributed by atoms with Crippen LogP contribution in [-0.4, -0.2) is 48.5 Å². The molecular formula is C21H23N3O5S3. The van der Waals surface area contributed by atoms with E-state index in [9.17, 15) is 18.0 Å². The van der Waals surface area contributed by atoms with Crippen molar-refractivity contribution in [2.75, 3.05) is 23.9 Å². The summed E-state index contributed by atoms with van der Waals surface area (Å²) in [5.74, 6) is 0.435. The van der Waals surface area contributed by atoms with Gasteiger partial charge in [-0.2, -0.15) is 11.8 Å². The summed E-state index contributed by atoms with van der Waals surface area (Å²) in [6.07, 6.45) is 2.21. The Morgan fingerprint density at radius 3 is 2.84 bits per heavy atom. The molecule has 0 fully saturated rings. The van der Waals surface area contributed by atoms with Gasteiger partial charge in [0.25, 0.3) is 0 Å². The van der Waals surface area contributed by atoms with Gasteiger partial charge in [-0.3, -0.25) is 4.79 Å². The first-order valence-electron chi connectivity index (χ1n) is 10.1. The van der Waals surface area contributed by atoms with Crippen LogP contribution in [0.1, 0.15) is 33.5 Å². The molecule has 0 saturated carbocycles. The molecule has 170 valence electrons. The van der Waals surface area contributed by atoms with Crippen LogP contribution in [0.4, 0.5) is 5.00 Å². The molecule has 0 radical (unpaired) electrons. The zero-order valence-electron chi connectivity index (χ0n) is 17.7. The highest BCUT2D eigenvalue weighted by atomic mass is 32.2. The van der Waals surface area contributed by atoms with Crippen molar-refractivity contribution in [1.82, 2.24) is 9.55 Å². The Kier molecular flexibility index (Phi) is 6.59. The molecule has 1 aromatic carbocycles. The zero-order chi connectivity index (χ0) is 22.9.